The van der Waals surface area contributed by atoms with E-state index in [1.54, 1.807) is 0 Å². The van der Waals surface area contributed by atoms with Gasteiger partial charge >= 0.3 is 11.9 Å². The smallest absolute Gasteiger partial charge is 0.306 e. The van der Waals surface area contributed by atoms with Crippen molar-refractivity contribution in [3.05, 3.63) is 122 Å². The lowest BCUT2D eigenvalue weighted by molar-refractivity contribution is -0.161. The van der Waals surface area contributed by atoms with Gasteiger partial charge in [-0.15, -0.1) is 0 Å². The van der Waals surface area contributed by atoms with Crippen molar-refractivity contribution in [3.63, 3.8) is 0 Å². The van der Waals surface area contributed by atoms with Crippen molar-refractivity contribution >= 4 is 11.9 Å². The Hall–Kier alpha value is -3.70. The normalized spacial score (nSPS) is 13.0. The molecule has 78 heavy (non-hydrogen) atoms. The summed E-state index contributed by atoms with van der Waals surface area (Å²) >= 11 is 0. The number of allylic oxidation sites excluding steroid dienone is 20. The third-order valence-electron chi connectivity index (χ3n) is 14.3. The average Bonchev–Trinajstić information content (AvgIpc) is 3.44. The molecule has 0 amide bonds. The monoisotopic (exact) mass is 1080 g/mol. The van der Waals surface area contributed by atoms with E-state index in [1.165, 1.54) is 180 Å². The molecule has 0 aliphatic rings. The summed E-state index contributed by atoms with van der Waals surface area (Å²) in [6, 6.07) is 0. The Kier molecular flexibility index (Phi) is 64.4. The molecule has 0 saturated heterocycles. The second-order valence-corrected chi connectivity index (χ2v) is 21.8. The van der Waals surface area contributed by atoms with E-state index >= 15 is 0 Å². The fourth-order valence-corrected chi connectivity index (χ4v) is 9.38. The number of unbranched alkanes of at least 4 members (excludes halogenated alkanes) is 32. The van der Waals surface area contributed by atoms with Gasteiger partial charge in [0.05, 0.1) is 6.61 Å². The Labute approximate surface area is 483 Å². The molecule has 1 unspecified atom stereocenters. The summed E-state index contributed by atoms with van der Waals surface area (Å²) in [4.78, 5) is 24.6. The lowest BCUT2D eigenvalue weighted by Crippen LogP contribution is -2.28. The van der Waals surface area contributed by atoms with Crippen molar-refractivity contribution in [1.29, 1.82) is 0 Å². The SMILES string of the molecule is CC/C=C\C/C=C\C/C=C\C/C=C\C/C=C\CCCCCCCCCCCCCCCCCCCCCCCC(=O)OC(CO)COC(=O)CCCCCCCCCCCCC/C=C\C/C=C\C/C=C\C/C=C\C/C=C\CC. The van der Waals surface area contributed by atoms with Crippen molar-refractivity contribution in [2.75, 3.05) is 13.2 Å². The van der Waals surface area contributed by atoms with E-state index in [2.05, 4.69) is 135 Å². The predicted octanol–water partition coefficient (Wildman–Crippen LogP) is 23.0. The molecule has 446 valence electrons. The van der Waals surface area contributed by atoms with Crippen LogP contribution in [0.25, 0.3) is 0 Å². The minimum Gasteiger partial charge on any atom is -0.462 e. The molecule has 0 radical (unpaired) electrons. The fourth-order valence-electron chi connectivity index (χ4n) is 9.38. The second kappa shape index (κ2) is 67.6. The first-order valence-corrected chi connectivity index (χ1v) is 33.1. The summed E-state index contributed by atoms with van der Waals surface area (Å²) in [6.07, 6.45) is 99.3. The minimum absolute atomic E-state index is 0.0697. The Morgan fingerprint density at radius 1 is 0.295 bits per heavy atom. The zero-order valence-electron chi connectivity index (χ0n) is 51.1. The molecular weight excluding hydrogens is 957 g/mol. The van der Waals surface area contributed by atoms with Gasteiger partial charge in [-0.2, -0.15) is 0 Å². The van der Waals surface area contributed by atoms with Crippen LogP contribution in [0.5, 0.6) is 0 Å². The molecule has 1 N–H and O–H groups in total. The first kappa shape index (κ1) is 74.3. The maximum absolute atomic E-state index is 12.4. The molecule has 0 aromatic heterocycles. The van der Waals surface area contributed by atoms with E-state index in [-0.39, 0.29) is 25.2 Å². The van der Waals surface area contributed by atoms with E-state index in [0.29, 0.717) is 12.8 Å². The topological polar surface area (TPSA) is 72.8 Å². The van der Waals surface area contributed by atoms with Crippen LogP contribution in [0.15, 0.2) is 122 Å². The van der Waals surface area contributed by atoms with Gasteiger partial charge in [-0.1, -0.05) is 315 Å². The van der Waals surface area contributed by atoms with Crippen LogP contribution in [0.4, 0.5) is 0 Å². The number of ether oxygens (including phenoxy) is 2. The fraction of sp³-hybridized carbons (Fsp3) is 0.699. The van der Waals surface area contributed by atoms with E-state index in [0.717, 1.165) is 103 Å². The van der Waals surface area contributed by atoms with Gasteiger partial charge in [-0.25, -0.2) is 0 Å². The average molecular weight is 1080 g/mol. The van der Waals surface area contributed by atoms with Crippen LogP contribution < -0.4 is 0 Å². The molecule has 1 atom stereocenters. The molecule has 0 aliphatic heterocycles. The molecule has 0 aromatic carbocycles. The molecule has 0 rings (SSSR count). The number of carbonyl (C=O) groups excluding carboxylic acids is 2. The van der Waals surface area contributed by atoms with Gasteiger partial charge in [0.1, 0.15) is 6.61 Å². The number of aliphatic hydroxyl groups is 1. The lowest BCUT2D eigenvalue weighted by Gasteiger charge is -2.15. The van der Waals surface area contributed by atoms with E-state index in [9.17, 15) is 14.7 Å². The second-order valence-electron chi connectivity index (χ2n) is 21.8. The first-order chi connectivity index (χ1) is 38.6. The summed E-state index contributed by atoms with van der Waals surface area (Å²) in [5.74, 6) is -0.587. The van der Waals surface area contributed by atoms with E-state index < -0.39 is 6.10 Å². The summed E-state index contributed by atoms with van der Waals surface area (Å²) < 4.78 is 10.7. The zero-order valence-corrected chi connectivity index (χ0v) is 51.1. The Morgan fingerprint density at radius 2 is 0.513 bits per heavy atom. The van der Waals surface area contributed by atoms with Gasteiger partial charge in [0.25, 0.3) is 0 Å². The van der Waals surface area contributed by atoms with E-state index in [1.807, 2.05) is 0 Å². The number of carbonyl (C=O) groups is 2. The molecule has 0 aromatic rings. The summed E-state index contributed by atoms with van der Waals surface area (Å²) in [5.41, 5.74) is 0. The van der Waals surface area contributed by atoms with E-state index in [4.69, 9.17) is 9.47 Å². The maximum Gasteiger partial charge on any atom is 0.306 e. The van der Waals surface area contributed by atoms with Gasteiger partial charge in [0, 0.05) is 12.8 Å². The molecule has 5 heteroatoms. The molecule has 5 nitrogen and oxygen atoms in total. The van der Waals surface area contributed by atoms with Crippen LogP contribution in [0.3, 0.4) is 0 Å². The van der Waals surface area contributed by atoms with Gasteiger partial charge in [0.2, 0.25) is 0 Å². The zero-order chi connectivity index (χ0) is 56.2. The molecule has 0 aliphatic carbocycles. The predicted molar refractivity (Wildman–Crippen MR) is 343 cm³/mol. The lowest BCUT2D eigenvalue weighted by atomic mass is 10.0. The molecule has 0 saturated carbocycles. The van der Waals surface area contributed by atoms with Crippen LogP contribution in [0.1, 0.15) is 309 Å². The highest BCUT2D eigenvalue weighted by atomic mass is 16.6. The van der Waals surface area contributed by atoms with Crippen LogP contribution in [-0.4, -0.2) is 36.4 Å². The molecule has 0 heterocycles. The Morgan fingerprint density at radius 3 is 0.769 bits per heavy atom. The van der Waals surface area contributed by atoms with Gasteiger partial charge in [-0.3, -0.25) is 9.59 Å². The standard InChI is InChI=1S/C73H124O5/c1-3-5-7-9-11-13-15-17-19-21-23-25-27-29-31-32-33-34-35-36-37-38-39-40-42-44-46-48-50-52-54-56-58-60-62-64-66-68-73(76)78-71(69-74)70-77-72(75)67-65-63-61-59-57-55-53-51-49-47-45-43-41-30-28-26-24-22-20-18-16-14-12-10-8-6-4-2/h5-8,11-14,17-20,23-26,29-31,41,71,74H,3-4,9-10,15-16,21-22,27-28,32-40,42-70H2,1-2H3/b7-5-,8-6-,13-11-,14-12-,19-17-,20-18-,25-23-,26-24-,31-29-,41-30-. The minimum atomic E-state index is -0.780. The first-order valence-electron chi connectivity index (χ1n) is 33.1. The van der Waals surface area contributed by atoms with Crippen LogP contribution >= 0.6 is 0 Å². The van der Waals surface area contributed by atoms with Crippen LogP contribution in [0, 0.1) is 0 Å². The van der Waals surface area contributed by atoms with Crippen molar-refractivity contribution in [1.82, 2.24) is 0 Å². The molecular formula is C73H124O5. The Bertz CT molecular complexity index is 1550. The van der Waals surface area contributed by atoms with Crippen LogP contribution in [0.2, 0.25) is 0 Å². The third kappa shape index (κ3) is 64.8. The molecule has 0 fully saturated rings. The number of rotatable bonds is 60. The highest BCUT2D eigenvalue weighted by molar-refractivity contribution is 5.70. The number of aliphatic hydroxyl groups excluding tert-OH is 1. The largest absolute Gasteiger partial charge is 0.462 e. The van der Waals surface area contributed by atoms with Gasteiger partial charge < -0.3 is 14.6 Å². The third-order valence-corrected chi connectivity index (χ3v) is 14.3. The Balaban J connectivity index is 3.46. The van der Waals surface area contributed by atoms with Crippen LogP contribution in [-0.2, 0) is 19.1 Å². The number of hydrogen-bond donors (Lipinski definition) is 1. The number of esters is 2. The maximum atomic E-state index is 12.4. The molecule has 0 bridgehead atoms. The van der Waals surface area contributed by atoms with Gasteiger partial charge in [-0.05, 0) is 103 Å². The van der Waals surface area contributed by atoms with Gasteiger partial charge in [0.15, 0.2) is 6.10 Å². The van der Waals surface area contributed by atoms with Crippen molar-refractivity contribution in [2.24, 2.45) is 0 Å². The van der Waals surface area contributed by atoms with Crippen molar-refractivity contribution < 1.29 is 24.2 Å². The quantitative estimate of drug-likeness (QED) is 0.0373. The highest BCUT2D eigenvalue weighted by Gasteiger charge is 2.16. The summed E-state index contributed by atoms with van der Waals surface area (Å²) in [7, 11) is 0. The van der Waals surface area contributed by atoms with Crippen molar-refractivity contribution in [2.45, 2.75) is 315 Å². The number of hydrogen-bond acceptors (Lipinski definition) is 5. The van der Waals surface area contributed by atoms with Crippen molar-refractivity contribution in [3.8, 4) is 0 Å². The highest BCUT2D eigenvalue weighted by Crippen LogP contribution is 2.17. The summed E-state index contributed by atoms with van der Waals surface area (Å²) in [6.45, 7) is 3.93. The summed E-state index contributed by atoms with van der Waals surface area (Å²) in [5, 5.41) is 9.69. The molecule has 0 spiro atoms.